The molecule has 1 N–H and O–H groups in total. The predicted octanol–water partition coefficient (Wildman–Crippen LogP) is 3.50. The first-order valence-corrected chi connectivity index (χ1v) is 7.61. The van der Waals surface area contributed by atoms with Crippen LogP contribution in [0.2, 0.25) is 0 Å². The number of alkyl halides is 3. The van der Waals surface area contributed by atoms with Crippen molar-refractivity contribution in [3.05, 3.63) is 53.1 Å². The lowest BCUT2D eigenvalue weighted by atomic mass is 10.1. The maximum absolute atomic E-state index is 12.9. The number of methoxy groups -OCH3 is 3. The second-order valence-corrected chi connectivity index (χ2v) is 5.20. The van der Waals surface area contributed by atoms with E-state index in [1.165, 1.54) is 51.7 Å². The van der Waals surface area contributed by atoms with Gasteiger partial charge in [0.15, 0.2) is 11.5 Å². The molecule has 1 amide bonds. The van der Waals surface area contributed by atoms with Crippen molar-refractivity contribution in [3.8, 4) is 17.2 Å². The van der Waals surface area contributed by atoms with Crippen molar-refractivity contribution in [2.75, 3.05) is 21.3 Å². The fourth-order valence-electron chi connectivity index (χ4n) is 2.30. The lowest BCUT2D eigenvalue weighted by Gasteiger charge is -2.13. The summed E-state index contributed by atoms with van der Waals surface area (Å²) < 4.78 is 54.3. The van der Waals surface area contributed by atoms with Crippen molar-refractivity contribution in [2.45, 2.75) is 6.18 Å². The van der Waals surface area contributed by atoms with Crippen molar-refractivity contribution >= 4 is 12.1 Å². The van der Waals surface area contributed by atoms with Crippen LogP contribution in [0, 0.1) is 0 Å². The van der Waals surface area contributed by atoms with Crippen molar-refractivity contribution in [1.82, 2.24) is 5.43 Å². The highest BCUT2D eigenvalue weighted by Crippen LogP contribution is 2.38. The van der Waals surface area contributed by atoms with Gasteiger partial charge >= 0.3 is 6.18 Å². The standard InChI is InChI=1S/C18H17F3N2O4/c1-25-14-8-12(9-15(26-2)16(14)27-3)17(24)23-22-10-11-6-4-5-7-13(11)18(19,20)21/h4-10H,1-3H3,(H,23,24)/b22-10+. The maximum Gasteiger partial charge on any atom is 0.417 e. The van der Waals surface area contributed by atoms with Gasteiger partial charge in [0.2, 0.25) is 5.75 Å². The van der Waals surface area contributed by atoms with Gasteiger partial charge in [-0.05, 0) is 18.2 Å². The van der Waals surface area contributed by atoms with E-state index < -0.39 is 17.6 Å². The lowest BCUT2D eigenvalue weighted by Crippen LogP contribution is -2.18. The zero-order valence-corrected chi connectivity index (χ0v) is 14.8. The van der Waals surface area contributed by atoms with Crippen LogP contribution in [-0.4, -0.2) is 33.5 Å². The number of nitrogens with zero attached hydrogens (tertiary/aromatic N) is 1. The monoisotopic (exact) mass is 382 g/mol. The van der Waals surface area contributed by atoms with E-state index in [9.17, 15) is 18.0 Å². The number of rotatable bonds is 6. The van der Waals surface area contributed by atoms with Gasteiger partial charge in [-0.2, -0.15) is 18.3 Å². The largest absolute Gasteiger partial charge is 0.493 e. The third-order valence-electron chi connectivity index (χ3n) is 3.56. The average Bonchev–Trinajstić information content (AvgIpc) is 2.66. The van der Waals surface area contributed by atoms with Crippen LogP contribution in [0.25, 0.3) is 0 Å². The number of ether oxygens (including phenoxy) is 3. The first kappa shape index (κ1) is 20.1. The van der Waals surface area contributed by atoms with Crippen molar-refractivity contribution < 1.29 is 32.2 Å². The van der Waals surface area contributed by atoms with E-state index in [-0.39, 0.29) is 22.6 Å². The molecule has 27 heavy (non-hydrogen) atoms. The fourth-order valence-corrected chi connectivity index (χ4v) is 2.30. The molecule has 0 saturated carbocycles. The third-order valence-corrected chi connectivity index (χ3v) is 3.56. The summed E-state index contributed by atoms with van der Waals surface area (Å²) in [4.78, 5) is 12.3. The van der Waals surface area contributed by atoms with Crippen LogP contribution in [0.15, 0.2) is 41.5 Å². The van der Waals surface area contributed by atoms with Crippen molar-refractivity contribution in [2.24, 2.45) is 5.10 Å². The highest BCUT2D eigenvalue weighted by Gasteiger charge is 2.32. The summed E-state index contributed by atoms with van der Waals surface area (Å²) in [6, 6.07) is 7.69. The van der Waals surface area contributed by atoms with Gasteiger partial charge in [-0.3, -0.25) is 4.79 Å². The minimum atomic E-state index is -4.52. The Balaban J connectivity index is 2.23. The van der Waals surface area contributed by atoms with Crippen LogP contribution in [0.1, 0.15) is 21.5 Å². The molecule has 0 atom stereocenters. The Morgan fingerprint density at radius 3 is 2.15 bits per heavy atom. The second kappa shape index (κ2) is 8.43. The van der Waals surface area contributed by atoms with Crippen LogP contribution in [0.5, 0.6) is 17.2 Å². The number of halogens is 3. The second-order valence-electron chi connectivity index (χ2n) is 5.20. The minimum Gasteiger partial charge on any atom is -0.493 e. The Morgan fingerprint density at radius 2 is 1.63 bits per heavy atom. The summed E-state index contributed by atoms with van der Waals surface area (Å²) >= 11 is 0. The molecule has 0 saturated heterocycles. The molecular formula is C18H17F3N2O4. The summed E-state index contributed by atoms with van der Waals surface area (Å²) in [5.74, 6) is 0.163. The zero-order valence-electron chi connectivity index (χ0n) is 14.8. The van der Waals surface area contributed by atoms with E-state index in [1.807, 2.05) is 0 Å². The summed E-state index contributed by atoms with van der Waals surface area (Å²) in [5, 5.41) is 3.61. The van der Waals surface area contributed by atoms with Gasteiger partial charge in [0.1, 0.15) is 0 Å². The molecule has 9 heteroatoms. The summed E-state index contributed by atoms with van der Waals surface area (Å²) in [7, 11) is 4.21. The Kier molecular flexibility index (Phi) is 6.27. The molecule has 2 aromatic carbocycles. The van der Waals surface area contributed by atoms with E-state index in [2.05, 4.69) is 10.5 Å². The third kappa shape index (κ3) is 4.69. The number of hydrogen-bond acceptors (Lipinski definition) is 5. The van der Waals surface area contributed by atoms with Gasteiger partial charge in [0.25, 0.3) is 5.91 Å². The van der Waals surface area contributed by atoms with Crippen LogP contribution in [0.4, 0.5) is 13.2 Å². The first-order chi connectivity index (χ1) is 12.8. The number of amides is 1. The van der Waals surface area contributed by atoms with Gasteiger partial charge in [-0.25, -0.2) is 5.43 Å². The number of carbonyl (C=O) groups excluding carboxylic acids is 1. The lowest BCUT2D eigenvalue weighted by molar-refractivity contribution is -0.137. The number of hydrogen-bond donors (Lipinski definition) is 1. The fraction of sp³-hybridized carbons (Fsp3) is 0.222. The van der Waals surface area contributed by atoms with Gasteiger partial charge in [-0.15, -0.1) is 0 Å². The number of carbonyl (C=O) groups is 1. The maximum atomic E-state index is 12.9. The molecule has 0 fully saturated rings. The van der Waals surface area contributed by atoms with Crippen molar-refractivity contribution in [1.29, 1.82) is 0 Å². The molecule has 2 rings (SSSR count). The summed E-state index contributed by atoms with van der Waals surface area (Å²) in [6.07, 6.45) is -3.60. The molecule has 0 spiro atoms. The van der Waals surface area contributed by atoms with E-state index in [0.29, 0.717) is 5.75 Å². The van der Waals surface area contributed by atoms with Crippen LogP contribution in [-0.2, 0) is 6.18 Å². The molecule has 0 radical (unpaired) electrons. The Labute approximate surface area is 153 Å². The van der Waals surface area contributed by atoms with E-state index in [0.717, 1.165) is 12.3 Å². The molecule has 0 aliphatic heterocycles. The number of nitrogens with one attached hydrogen (secondary N) is 1. The normalized spacial score (nSPS) is 11.3. The molecule has 0 aliphatic rings. The Hall–Kier alpha value is -3.23. The quantitative estimate of drug-likeness (QED) is 0.613. The molecule has 144 valence electrons. The molecule has 0 unspecified atom stereocenters. The summed E-state index contributed by atoms with van der Waals surface area (Å²) in [5.41, 5.74) is 1.29. The topological polar surface area (TPSA) is 69.2 Å². The predicted molar refractivity (Wildman–Crippen MR) is 92.6 cm³/mol. The molecule has 2 aromatic rings. The van der Waals surface area contributed by atoms with Crippen LogP contribution >= 0.6 is 0 Å². The highest BCUT2D eigenvalue weighted by atomic mass is 19.4. The molecule has 0 aliphatic carbocycles. The highest BCUT2D eigenvalue weighted by molar-refractivity contribution is 5.96. The van der Waals surface area contributed by atoms with Gasteiger partial charge in [0, 0.05) is 11.1 Å². The number of hydrazone groups is 1. The van der Waals surface area contributed by atoms with Crippen LogP contribution in [0.3, 0.4) is 0 Å². The van der Waals surface area contributed by atoms with E-state index >= 15 is 0 Å². The van der Waals surface area contributed by atoms with Gasteiger partial charge in [-0.1, -0.05) is 18.2 Å². The summed E-state index contributed by atoms with van der Waals surface area (Å²) in [6.45, 7) is 0. The van der Waals surface area contributed by atoms with Crippen LogP contribution < -0.4 is 19.6 Å². The average molecular weight is 382 g/mol. The van der Waals surface area contributed by atoms with Crippen molar-refractivity contribution in [3.63, 3.8) is 0 Å². The Bertz CT molecular complexity index is 826. The van der Waals surface area contributed by atoms with E-state index in [4.69, 9.17) is 14.2 Å². The molecule has 0 aromatic heterocycles. The molecular weight excluding hydrogens is 365 g/mol. The zero-order chi connectivity index (χ0) is 20.0. The molecule has 0 bridgehead atoms. The molecule has 6 nitrogen and oxygen atoms in total. The van der Waals surface area contributed by atoms with E-state index in [1.54, 1.807) is 0 Å². The molecule has 0 heterocycles. The SMILES string of the molecule is COc1cc(C(=O)N/N=C/c2ccccc2C(F)(F)F)cc(OC)c1OC. The minimum absolute atomic E-state index is 0.130. The first-order valence-electron chi connectivity index (χ1n) is 7.61. The smallest absolute Gasteiger partial charge is 0.417 e. The number of benzene rings is 2. The Morgan fingerprint density at radius 1 is 1.04 bits per heavy atom. The van der Waals surface area contributed by atoms with Gasteiger partial charge < -0.3 is 14.2 Å². The van der Waals surface area contributed by atoms with Gasteiger partial charge in [0.05, 0.1) is 33.1 Å².